The number of nitrogens with one attached hydrogen (secondary N) is 1. The lowest BCUT2D eigenvalue weighted by atomic mass is 10.4. The lowest BCUT2D eigenvalue weighted by molar-refractivity contribution is 0.141. The number of nitrogens with zero attached hydrogens (tertiary/aromatic N) is 2. The highest BCUT2D eigenvalue weighted by Gasteiger charge is 2.06. The van der Waals surface area contributed by atoms with Crippen LogP contribution in [0.25, 0.3) is 0 Å². The highest BCUT2D eigenvalue weighted by Crippen LogP contribution is 2.07. The Balaban J connectivity index is 2.47. The lowest BCUT2D eigenvalue weighted by Gasteiger charge is -2.13. The van der Waals surface area contributed by atoms with Crippen LogP contribution in [-0.4, -0.2) is 28.8 Å². The molecule has 0 aromatic carbocycles. The molecule has 4 nitrogen and oxygen atoms in total. The topological polar surface area (TPSA) is 39.1 Å². The van der Waals surface area contributed by atoms with Gasteiger partial charge in [-0.25, -0.2) is 4.98 Å². The Hall–Kier alpha value is -1.03. The summed E-state index contributed by atoms with van der Waals surface area (Å²) in [7, 11) is 1.98. The van der Waals surface area contributed by atoms with E-state index in [9.17, 15) is 0 Å². The standard InChI is InChI=1S/C10H19N3O/c1-5-14-7-9(3)12-10-11-8(2)6-13(10)4/h6,9H,5,7H2,1-4H3,(H,11,12). The van der Waals surface area contributed by atoms with Crippen LogP contribution in [-0.2, 0) is 11.8 Å². The quantitative estimate of drug-likeness (QED) is 0.778. The monoisotopic (exact) mass is 197 g/mol. The molecule has 0 saturated carbocycles. The molecule has 0 aliphatic rings. The van der Waals surface area contributed by atoms with Gasteiger partial charge in [-0.05, 0) is 20.8 Å². The van der Waals surface area contributed by atoms with Crippen LogP contribution in [0, 0.1) is 6.92 Å². The molecule has 0 amide bonds. The van der Waals surface area contributed by atoms with Gasteiger partial charge >= 0.3 is 0 Å². The van der Waals surface area contributed by atoms with E-state index in [-0.39, 0.29) is 6.04 Å². The van der Waals surface area contributed by atoms with Crippen molar-refractivity contribution < 1.29 is 4.74 Å². The maximum absolute atomic E-state index is 5.31. The van der Waals surface area contributed by atoms with E-state index in [2.05, 4.69) is 17.2 Å². The minimum Gasteiger partial charge on any atom is -0.380 e. The summed E-state index contributed by atoms with van der Waals surface area (Å²) in [6.07, 6.45) is 2.00. The number of aryl methyl sites for hydroxylation is 2. The normalized spacial score (nSPS) is 12.9. The van der Waals surface area contributed by atoms with Crippen LogP contribution in [0.5, 0.6) is 0 Å². The fraction of sp³-hybridized carbons (Fsp3) is 0.700. The van der Waals surface area contributed by atoms with Crippen LogP contribution >= 0.6 is 0 Å². The van der Waals surface area contributed by atoms with Gasteiger partial charge < -0.3 is 14.6 Å². The Morgan fingerprint density at radius 3 is 2.86 bits per heavy atom. The van der Waals surface area contributed by atoms with E-state index >= 15 is 0 Å². The number of rotatable bonds is 5. The zero-order valence-electron chi connectivity index (χ0n) is 9.37. The van der Waals surface area contributed by atoms with E-state index < -0.39 is 0 Å². The molecule has 1 atom stereocenters. The van der Waals surface area contributed by atoms with E-state index in [1.807, 2.05) is 31.7 Å². The second-order valence-corrected chi connectivity index (χ2v) is 3.52. The van der Waals surface area contributed by atoms with Crippen molar-refractivity contribution in [2.75, 3.05) is 18.5 Å². The fourth-order valence-electron chi connectivity index (χ4n) is 1.31. The van der Waals surface area contributed by atoms with Crippen molar-refractivity contribution in [2.45, 2.75) is 26.8 Å². The molecule has 0 saturated heterocycles. The molecule has 0 aliphatic carbocycles. The fourth-order valence-corrected chi connectivity index (χ4v) is 1.31. The van der Waals surface area contributed by atoms with Crippen molar-refractivity contribution >= 4 is 5.95 Å². The van der Waals surface area contributed by atoms with Gasteiger partial charge in [0.1, 0.15) is 0 Å². The predicted octanol–water partition coefficient (Wildman–Crippen LogP) is 1.57. The van der Waals surface area contributed by atoms with E-state index in [0.29, 0.717) is 6.61 Å². The second kappa shape index (κ2) is 5.00. The highest BCUT2D eigenvalue weighted by molar-refractivity contribution is 5.29. The van der Waals surface area contributed by atoms with Gasteiger partial charge in [0.15, 0.2) is 0 Å². The van der Waals surface area contributed by atoms with Crippen LogP contribution in [0.1, 0.15) is 19.5 Å². The minimum absolute atomic E-state index is 0.287. The third-order valence-electron chi connectivity index (χ3n) is 1.94. The number of aromatic nitrogens is 2. The summed E-state index contributed by atoms with van der Waals surface area (Å²) in [6.45, 7) is 7.53. The minimum atomic E-state index is 0.287. The number of ether oxygens (including phenoxy) is 1. The molecule has 1 heterocycles. The van der Waals surface area contributed by atoms with Gasteiger partial charge in [-0.2, -0.15) is 0 Å². The molecule has 1 aromatic heterocycles. The average molecular weight is 197 g/mol. The summed E-state index contributed by atoms with van der Waals surface area (Å²) in [5.41, 5.74) is 1.03. The Labute approximate surface area is 85.3 Å². The van der Waals surface area contributed by atoms with Crippen molar-refractivity contribution in [1.29, 1.82) is 0 Å². The van der Waals surface area contributed by atoms with Gasteiger partial charge in [0.05, 0.1) is 12.3 Å². The van der Waals surface area contributed by atoms with Crippen molar-refractivity contribution in [3.63, 3.8) is 0 Å². The first-order valence-corrected chi connectivity index (χ1v) is 4.97. The molecule has 1 aromatic rings. The number of hydrogen-bond donors (Lipinski definition) is 1. The summed E-state index contributed by atoms with van der Waals surface area (Å²) in [6, 6.07) is 0.287. The van der Waals surface area contributed by atoms with Gasteiger partial charge in [-0.3, -0.25) is 0 Å². The zero-order valence-corrected chi connectivity index (χ0v) is 9.37. The molecule has 0 bridgehead atoms. The lowest BCUT2D eigenvalue weighted by Crippen LogP contribution is -2.23. The maximum atomic E-state index is 5.31. The van der Waals surface area contributed by atoms with Crippen molar-refractivity contribution in [2.24, 2.45) is 7.05 Å². The molecular weight excluding hydrogens is 178 g/mol. The van der Waals surface area contributed by atoms with Crippen molar-refractivity contribution in [3.05, 3.63) is 11.9 Å². The third kappa shape index (κ3) is 3.03. The van der Waals surface area contributed by atoms with Crippen molar-refractivity contribution in [1.82, 2.24) is 9.55 Å². The largest absolute Gasteiger partial charge is 0.380 e. The molecule has 0 fully saturated rings. The van der Waals surface area contributed by atoms with Crippen LogP contribution in [0.4, 0.5) is 5.95 Å². The smallest absolute Gasteiger partial charge is 0.203 e. The molecule has 4 heteroatoms. The van der Waals surface area contributed by atoms with Gasteiger partial charge in [-0.15, -0.1) is 0 Å². The third-order valence-corrected chi connectivity index (χ3v) is 1.94. The molecule has 1 rings (SSSR count). The highest BCUT2D eigenvalue weighted by atomic mass is 16.5. The van der Waals surface area contributed by atoms with Crippen LogP contribution < -0.4 is 5.32 Å². The summed E-state index contributed by atoms with van der Waals surface area (Å²) in [4.78, 5) is 4.35. The van der Waals surface area contributed by atoms with Crippen LogP contribution in [0.3, 0.4) is 0 Å². The molecule has 0 radical (unpaired) electrons. The Morgan fingerprint density at radius 2 is 2.36 bits per heavy atom. The summed E-state index contributed by atoms with van der Waals surface area (Å²) >= 11 is 0. The maximum Gasteiger partial charge on any atom is 0.203 e. The Bertz CT molecular complexity index is 283. The number of anilines is 1. The molecular formula is C10H19N3O. The predicted molar refractivity (Wildman–Crippen MR) is 57.5 cm³/mol. The number of imidazole rings is 1. The first kappa shape index (κ1) is 11.0. The SMILES string of the molecule is CCOCC(C)Nc1nc(C)cn1C. The molecule has 0 spiro atoms. The Morgan fingerprint density at radius 1 is 1.64 bits per heavy atom. The van der Waals surface area contributed by atoms with E-state index in [1.54, 1.807) is 0 Å². The first-order chi connectivity index (χ1) is 6.63. The molecule has 1 N–H and O–H groups in total. The molecule has 1 unspecified atom stereocenters. The summed E-state index contributed by atoms with van der Waals surface area (Å²) in [5, 5.41) is 3.29. The van der Waals surface area contributed by atoms with Crippen molar-refractivity contribution in [3.8, 4) is 0 Å². The van der Waals surface area contributed by atoms with E-state index in [4.69, 9.17) is 4.74 Å². The zero-order chi connectivity index (χ0) is 10.6. The van der Waals surface area contributed by atoms with E-state index in [1.165, 1.54) is 0 Å². The van der Waals surface area contributed by atoms with Crippen LogP contribution in [0.2, 0.25) is 0 Å². The van der Waals surface area contributed by atoms with Gasteiger partial charge in [-0.1, -0.05) is 0 Å². The Kier molecular flexibility index (Phi) is 3.95. The van der Waals surface area contributed by atoms with Crippen LogP contribution in [0.15, 0.2) is 6.20 Å². The first-order valence-electron chi connectivity index (χ1n) is 4.97. The summed E-state index contributed by atoms with van der Waals surface area (Å²) < 4.78 is 7.30. The summed E-state index contributed by atoms with van der Waals surface area (Å²) in [5.74, 6) is 0.898. The number of hydrogen-bond acceptors (Lipinski definition) is 3. The second-order valence-electron chi connectivity index (χ2n) is 3.52. The van der Waals surface area contributed by atoms with E-state index in [0.717, 1.165) is 18.2 Å². The van der Waals surface area contributed by atoms with Gasteiger partial charge in [0, 0.05) is 25.9 Å². The molecule has 0 aliphatic heterocycles. The van der Waals surface area contributed by atoms with Gasteiger partial charge in [0.25, 0.3) is 0 Å². The average Bonchev–Trinajstić information content (AvgIpc) is 2.42. The molecule has 80 valence electrons. The van der Waals surface area contributed by atoms with Gasteiger partial charge in [0.2, 0.25) is 5.95 Å². The molecule has 14 heavy (non-hydrogen) atoms.